The highest BCUT2D eigenvalue weighted by Crippen LogP contribution is 2.55. The van der Waals surface area contributed by atoms with E-state index in [-0.39, 0.29) is 26.1 Å². The molecule has 0 spiro atoms. The monoisotopic (exact) mass is 1090 g/mol. The normalized spacial score (nSPS) is 21.0. The van der Waals surface area contributed by atoms with Gasteiger partial charge in [0.25, 0.3) is 11.8 Å². The van der Waals surface area contributed by atoms with E-state index in [1.807, 2.05) is 104 Å². The van der Waals surface area contributed by atoms with Crippen molar-refractivity contribution in [2.24, 2.45) is 5.73 Å². The number of hydrogen-bond donors (Lipinski definition) is 5. The number of fused-ring (bicyclic) bond motifs is 7. The molecule has 2 fully saturated rings. The first-order valence-corrected chi connectivity index (χ1v) is 27.4. The summed E-state index contributed by atoms with van der Waals surface area (Å²) in [5, 5.41) is 32.6. The number of rotatable bonds is 7. The van der Waals surface area contributed by atoms with Gasteiger partial charge in [-0.1, -0.05) is 121 Å². The molecule has 11 aromatic rings. The van der Waals surface area contributed by atoms with Crippen molar-refractivity contribution in [3.63, 3.8) is 0 Å². The fourth-order valence-electron chi connectivity index (χ4n) is 13.5. The molecule has 0 atom stereocenters. The second-order valence-corrected chi connectivity index (χ2v) is 23.1. The van der Waals surface area contributed by atoms with E-state index in [4.69, 9.17) is 46.9 Å². The van der Waals surface area contributed by atoms with Crippen LogP contribution in [-0.2, 0) is 11.1 Å². The van der Waals surface area contributed by atoms with E-state index < -0.39 is 22.3 Å². The Morgan fingerprint density at radius 1 is 0.500 bits per heavy atom. The van der Waals surface area contributed by atoms with Crippen LogP contribution in [0.25, 0.3) is 78.1 Å². The molecule has 412 valence electrons. The zero-order valence-electron chi connectivity index (χ0n) is 47.0. The van der Waals surface area contributed by atoms with Crippen LogP contribution in [0.5, 0.6) is 0 Å². The van der Waals surface area contributed by atoms with Crippen LogP contribution in [-0.4, -0.2) is 77.3 Å². The Morgan fingerprint density at radius 2 is 0.878 bits per heavy atom. The minimum Gasteiger partial charge on any atom is -0.390 e. The van der Waals surface area contributed by atoms with Crippen molar-refractivity contribution in [2.75, 3.05) is 0 Å². The lowest BCUT2D eigenvalue weighted by Crippen LogP contribution is -2.63. The number of pyridine rings is 2. The summed E-state index contributed by atoms with van der Waals surface area (Å²) in [5.74, 6) is -0.647. The third-order valence-corrected chi connectivity index (χ3v) is 16.7. The lowest BCUT2D eigenvalue weighted by Gasteiger charge is -2.55. The molecule has 0 saturated heterocycles. The molecule has 6 N–H and O–H groups in total. The van der Waals surface area contributed by atoms with Gasteiger partial charge in [0.05, 0.1) is 62.0 Å². The Balaban J connectivity index is 0.000000172. The summed E-state index contributed by atoms with van der Waals surface area (Å²) in [5.41, 5.74) is 32.8. The van der Waals surface area contributed by atoms with Crippen molar-refractivity contribution in [1.29, 1.82) is 11.1 Å². The van der Waals surface area contributed by atoms with Crippen molar-refractivity contribution < 1.29 is 21.2 Å². The standard InChI is InChI=1S/C37H31N5O3.C29H29N5O.H2N2.H2/c1-21-18-29-38-23(3)30-22(2)31(24-10-6-5-7-11-24)32(39-33(30)42(29)40-21)25-14-16-26(17-15-25)37(19-36(4,45)20-37)41-34(43)27-12-8-9-13-28(27)35(41)44;1-17-14-23-31-19(3)24-18(2)25(20-8-6-5-7-9-20)26(32-27(24)34(23)33-17)21-10-12-22(13-11-21)29(30)15-28(4,35)16-29;1-2;/h5-18,45H,19-20H2,1-4H3;5-14,35H,15-16,30H2,1-4H3;1-2H;1H. The number of amides is 2. The SMILES string of the molecule is Cc1cc2nc(C)c3c(C)c(-c4ccccc4)c(-c4ccc(C5(N)CC(C)(O)C5)cc4)nc3n2n1.Cc1cc2nc(C)c3c(C)c(-c4ccccc4)c(-c4ccc(C5(N6C(=O)c7ccccc7C6=O)CC(C)(O)C5)cc4)nc3n2n1.N=N.[HH]. The number of hydrogen-bond acceptors (Lipinski definition) is 13. The van der Waals surface area contributed by atoms with Crippen LogP contribution in [0, 0.1) is 52.6 Å². The maximum absolute atomic E-state index is 13.6. The molecule has 5 aromatic carbocycles. The number of carbonyl (C=O) groups excluding carboxylic acids is 2. The quantitative estimate of drug-likeness (QED) is 0.0743. The summed E-state index contributed by atoms with van der Waals surface area (Å²) >= 11 is 0. The second-order valence-electron chi connectivity index (χ2n) is 23.1. The van der Waals surface area contributed by atoms with Crippen molar-refractivity contribution >= 4 is 45.2 Å². The number of nitrogens with zero attached hydrogens (tertiary/aromatic N) is 9. The van der Waals surface area contributed by atoms with Crippen LogP contribution in [0.4, 0.5) is 0 Å². The molecule has 0 unspecified atom stereocenters. The van der Waals surface area contributed by atoms with E-state index in [1.165, 1.54) is 4.90 Å². The largest absolute Gasteiger partial charge is 0.390 e. The highest BCUT2D eigenvalue weighted by Gasteiger charge is 2.61. The molecule has 1 aliphatic heterocycles. The predicted octanol–water partition coefficient (Wildman–Crippen LogP) is 12.7. The van der Waals surface area contributed by atoms with Gasteiger partial charge in [-0.2, -0.15) is 19.2 Å². The molecule has 0 bridgehead atoms. The van der Waals surface area contributed by atoms with Crippen LogP contribution in [0.15, 0.2) is 146 Å². The van der Waals surface area contributed by atoms with Crippen LogP contribution in [0.3, 0.4) is 0 Å². The second kappa shape index (κ2) is 19.5. The number of nitrogens with one attached hydrogen (secondary N) is 2. The number of nitrogens with two attached hydrogens (primary N) is 1. The van der Waals surface area contributed by atoms with Crippen molar-refractivity contribution in [1.82, 2.24) is 44.1 Å². The summed E-state index contributed by atoms with van der Waals surface area (Å²) in [6, 6.07) is 47.7. The van der Waals surface area contributed by atoms with Gasteiger partial charge >= 0.3 is 0 Å². The molecule has 0 radical (unpaired) electrons. The molecular formula is C66H64N12O4. The first-order valence-electron chi connectivity index (χ1n) is 27.4. The van der Waals surface area contributed by atoms with Crippen molar-refractivity contribution in [2.45, 2.75) is 103 Å². The first-order chi connectivity index (χ1) is 39.2. The van der Waals surface area contributed by atoms with E-state index >= 15 is 0 Å². The number of carbonyl (C=O) groups is 2. The summed E-state index contributed by atoms with van der Waals surface area (Å²) in [7, 11) is 0. The van der Waals surface area contributed by atoms with Gasteiger partial charge in [-0.3, -0.25) is 14.5 Å². The van der Waals surface area contributed by atoms with Crippen LogP contribution < -0.4 is 5.73 Å². The minimum absolute atomic E-state index is 0. The van der Waals surface area contributed by atoms with Gasteiger partial charge in [-0.15, -0.1) is 0 Å². The number of aliphatic hydroxyl groups is 2. The van der Waals surface area contributed by atoms with Gasteiger partial charge in [0.1, 0.15) is 0 Å². The number of imide groups is 1. The van der Waals surface area contributed by atoms with Crippen LogP contribution >= 0.6 is 0 Å². The third-order valence-electron chi connectivity index (χ3n) is 16.7. The molecule has 16 heteroatoms. The smallest absolute Gasteiger partial charge is 0.262 e. The number of aryl methyl sites for hydroxylation is 6. The highest BCUT2D eigenvalue weighted by atomic mass is 16.3. The molecule has 14 rings (SSSR count). The molecule has 82 heavy (non-hydrogen) atoms. The molecule has 2 amide bonds. The van der Waals surface area contributed by atoms with Gasteiger partial charge in [0, 0.05) is 65.0 Å². The van der Waals surface area contributed by atoms with E-state index in [9.17, 15) is 19.8 Å². The first kappa shape index (κ1) is 53.4. The Morgan fingerprint density at radius 3 is 1.27 bits per heavy atom. The maximum Gasteiger partial charge on any atom is 0.262 e. The average Bonchev–Trinajstić information content (AvgIpc) is 2.38. The fraction of sp³-hybridized carbons (Fsp3) is 0.242. The highest BCUT2D eigenvalue weighted by molar-refractivity contribution is 6.22. The molecule has 7 heterocycles. The van der Waals surface area contributed by atoms with E-state index in [0.717, 1.165) is 123 Å². The van der Waals surface area contributed by atoms with Gasteiger partial charge in [-0.05, 0) is 114 Å². The van der Waals surface area contributed by atoms with Gasteiger partial charge in [-0.25, -0.2) is 31.0 Å². The van der Waals surface area contributed by atoms with Crippen LogP contribution in [0.1, 0.15) is 107 Å². The number of aromatic nitrogens is 8. The Labute approximate surface area is 475 Å². The summed E-state index contributed by atoms with van der Waals surface area (Å²) in [6.07, 6.45) is 1.64. The van der Waals surface area contributed by atoms with Gasteiger partial charge in [0.2, 0.25) is 0 Å². The van der Waals surface area contributed by atoms with Gasteiger partial charge in [0.15, 0.2) is 22.6 Å². The van der Waals surface area contributed by atoms with Crippen molar-refractivity contribution in [3.8, 4) is 44.8 Å². The van der Waals surface area contributed by atoms with Crippen molar-refractivity contribution in [3.05, 3.63) is 202 Å². The van der Waals surface area contributed by atoms with Crippen LogP contribution in [0.2, 0.25) is 0 Å². The Kier molecular flexibility index (Phi) is 12.7. The van der Waals surface area contributed by atoms with Gasteiger partial charge < -0.3 is 15.9 Å². The molecule has 3 aliphatic rings. The summed E-state index contributed by atoms with van der Waals surface area (Å²) in [4.78, 5) is 48.7. The molecule has 16 nitrogen and oxygen atoms in total. The third kappa shape index (κ3) is 8.64. The summed E-state index contributed by atoms with van der Waals surface area (Å²) in [6.45, 7) is 15.8. The minimum atomic E-state index is -0.995. The van der Waals surface area contributed by atoms with E-state index in [2.05, 4.69) is 74.5 Å². The molecule has 2 saturated carbocycles. The summed E-state index contributed by atoms with van der Waals surface area (Å²) < 4.78 is 3.66. The molecule has 6 aromatic heterocycles. The van der Waals surface area contributed by atoms with E-state index in [0.29, 0.717) is 24.0 Å². The zero-order valence-corrected chi connectivity index (χ0v) is 47.0. The predicted molar refractivity (Wildman–Crippen MR) is 318 cm³/mol. The fourth-order valence-corrected chi connectivity index (χ4v) is 13.5. The Hall–Kier alpha value is -9.22. The maximum atomic E-state index is 13.6. The molecule has 2 aliphatic carbocycles. The topological polar surface area (TPSA) is 238 Å². The lowest BCUT2D eigenvalue weighted by molar-refractivity contribution is -0.118. The zero-order chi connectivity index (χ0) is 57.8. The average molecular weight is 1090 g/mol. The number of benzene rings is 5. The molecular weight excluding hydrogens is 1020 g/mol. The lowest BCUT2D eigenvalue weighted by atomic mass is 9.61. The Bertz CT molecular complexity index is 4360. The van der Waals surface area contributed by atoms with E-state index in [1.54, 1.807) is 31.2 Å².